The number of hydrogen-bond acceptors (Lipinski definition) is 5. The summed E-state index contributed by atoms with van der Waals surface area (Å²) in [6, 6.07) is -0.620. The third-order valence-corrected chi connectivity index (χ3v) is 12.1. The van der Waals surface area contributed by atoms with E-state index < -0.39 is 10.8 Å². The van der Waals surface area contributed by atoms with Crippen LogP contribution < -0.4 is 5.73 Å². The van der Waals surface area contributed by atoms with E-state index in [-0.39, 0.29) is 46.6 Å². The highest BCUT2D eigenvalue weighted by atomic mass is 16.2. The third kappa shape index (κ3) is 2.67. The maximum absolute atomic E-state index is 14.8. The fourth-order valence-electron chi connectivity index (χ4n) is 9.77. The van der Waals surface area contributed by atoms with Gasteiger partial charge in [-0.1, -0.05) is 40.5 Å². The Hall–Kier alpha value is -1.56. The predicted molar refractivity (Wildman–Crippen MR) is 128 cm³/mol. The Labute approximate surface area is 203 Å². The standard InChI is InChI=1S/C28H42N2O4/c1-25(2)17-9-11-27(25,19(13-17)15-31)23(33)30(22-8-6-5-7-21(22)29)24(34)28-12-10-18(26(28,3)4)14-20(28)16-32/h15-22H,5-14,29H2,1-4H3/t17-,18-,19?,20?,21-,22-,27-,28-/m1/s1. The normalized spacial score (nSPS) is 45.8. The second-order valence-electron chi connectivity index (χ2n) is 13.3. The first kappa shape index (κ1) is 24.1. The molecule has 2 N–H and O–H groups in total. The first-order valence-electron chi connectivity index (χ1n) is 13.5. The molecule has 0 heterocycles. The van der Waals surface area contributed by atoms with Gasteiger partial charge < -0.3 is 15.3 Å². The number of amides is 2. The monoisotopic (exact) mass is 470 g/mol. The van der Waals surface area contributed by atoms with Crippen LogP contribution in [-0.4, -0.2) is 41.4 Å². The van der Waals surface area contributed by atoms with E-state index in [2.05, 4.69) is 27.7 Å². The molecule has 5 fully saturated rings. The lowest BCUT2D eigenvalue weighted by Gasteiger charge is -2.50. The van der Waals surface area contributed by atoms with Gasteiger partial charge in [0, 0.05) is 17.9 Å². The van der Waals surface area contributed by atoms with E-state index in [1.807, 2.05) is 0 Å². The molecule has 5 aliphatic rings. The highest BCUT2D eigenvalue weighted by molar-refractivity contribution is 6.04. The number of imide groups is 1. The van der Waals surface area contributed by atoms with Gasteiger partial charge in [0.25, 0.3) is 0 Å². The molecule has 8 atom stereocenters. The van der Waals surface area contributed by atoms with Crippen LogP contribution in [-0.2, 0) is 19.2 Å². The Kier molecular flexibility index (Phi) is 5.48. The summed E-state index contributed by atoms with van der Waals surface area (Å²) in [5, 5.41) is 0. The zero-order valence-corrected chi connectivity index (χ0v) is 21.3. The van der Waals surface area contributed by atoms with E-state index in [1.54, 1.807) is 4.90 Å². The fraction of sp³-hybridized carbons (Fsp3) is 0.857. The molecule has 0 saturated heterocycles. The smallest absolute Gasteiger partial charge is 0.236 e. The quantitative estimate of drug-likeness (QED) is 0.485. The number of carbonyl (C=O) groups excluding carboxylic acids is 4. The second kappa shape index (κ2) is 7.72. The van der Waals surface area contributed by atoms with Crippen LogP contribution in [0.4, 0.5) is 0 Å². The lowest BCUT2D eigenvalue weighted by atomic mass is 9.62. The first-order chi connectivity index (χ1) is 16.0. The number of carbonyl (C=O) groups is 4. The number of hydrogen-bond donors (Lipinski definition) is 1. The number of nitrogens with zero attached hydrogens (tertiary/aromatic N) is 1. The number of fused-ring (bicyclic) bond motifs is 4. The van der Waals surface area contributed by atoms with Crippen LogP contribution >= 0.6 is 0 Å². The largest absolute Gasteiger partial charge is 0.326 e. The summed E-state index contributed by atoms with van der Waals surface area (Å²) in [5.41, 5.74) is 4.21. The summed E-state index contributed by atoms with van der Waals surface area (Å²) in [6.45, 7) is 8.47. The van der Waals surface area contributed by atoms with E-state index >= 15 is 0 Å². The van der Waals surface area contributed by atoms with Crippen LogP contribution in [0.2, 0.25) is 0 Å². The molecular formula is C28H42N2O4. The van der Waals surface area contributed by atoms with Gasteiger partial charge in [-0.15, -0.1) is 0 Å². The summed E-state index contributed by atoms with van der Waals surface area (Å²) in [6.07, 6.45) is 9.93. The molecule has 0 aromatic rings. The minimum absolute atomic E-state index is 0.174. The molecule has 6 nitrogen and oxygen atoms in total. The molecular weight excluding hydrogens is 428 g/mol. The lowest BCUT2D eigenvalue weighted by Crippen LogP contribution is -2.65. The minimum Gasteiger partial charge on any atom is -0.326 e. The summed E-state index contributed by atoms with van der Waals surface area (Å²) in [7, 11) is 0. The molecule has 2 unspecified atom stereocenters. The van der Waals surface area contributed by atoms with Crippen molar-refractivity contribution in [3.8, 4) is 0 Å². The van der Waals surface area contributed by atoms with Crippen molar-refractivity contribution >= 4 is 24.4 Å². The molecule has 188 valence electrons. The van der Waals surface area contributed by atoms with Gasteiger partial charge in [0.15, 0.2) is 0 Å². The van der Waals surface area contributed by atoms with Crippen molar-refractivity contribution in [2.24, 2.45) is 51.1 Å². The van der Waals surface area contributed by atoms with Crippen LogP contribution in [0.5, 0.6) is 0 Å². The van der Waals surface area contributed by atoms with Crippen molar-refractivity contribution in [3.63, 3.8) is 0 Å². The highest BCUT2D eigenvalue weighted by Gasteiger charge is 2.73. The average molecular weight is 471 g/mol. The van der Waals surface area contributed by atoms with Crippen molar-refractivity contribution < 1.29 is 19.2 Å². The average Bonchev–Trinajstić information content (AvgIpc) is 3.40. The molecule has 0 spiro atoms. The molecule has 5 rings (SSSR count). The minimum atomic E-state index is -0.861. The maximum Gasteiger partial charge on any atom is 0.236 e. The number of aldehydes is 2. The van der Waals surface area contributed by atoms with E-state index in [0.29, 0.717) is 31.1 Å². The molecule has 5 aliphatic carbocycles. The molecule has 4 bridgehead atoms. The van der Waals surface area contributed by atoms with Gasteiger partial charge in [0.1, 0.15) is 12.6 Å². The van der Waals surface area contributed by atoms with Crippen LogP contribution in [0, 0.1) is 45.3 Å². The summed E-state index contributed by atoms with van der Waals surface area (Å²) < 4.78 is 0. The topological polar surface area (TPSA) is 97.5 Å². The van der Waals surface area contributed by atoms with Crippen molar-refractivity contribution in [2.75, 3.05) is 0 Å². The Morgan fingerprint density at radius 3 is 1.59 bits per heavy atom. The van der Waals surface area contributed by atoms with Gasteiger partial charge in [0.05, 0.1) is 16.9 Å². The third-order valence-electron chi connectivity index (χ3n) is 12.1. The summed E-state index contributed by atoms with van der Waals surface area (Å²) in [4.78, 5) is 55.8. The van der Waals surface area contributed by atoms with Crippen LogP contribution in [0.25, 0.3) is 0 Å². The Balaban J connectivity index is 1.64. The lowest BCUT2D eigenvalue weighted by molar-refractivity contribution is -0.172. The SMILES string of the molecule is CC1(C)[C@@H]2CC[C@]1(C(=O)N(C(=O)[C@@]13CC[C@H](CC1C=O)C3(C)C)[C@@H]1CCCC[C@H]1N)C(C=O)C2. The molecule has 0 aliphatic heterocycles. The van der Waals surface area contributed by atoms with Crippen molar-refractivity contribution in [3.05, 3.63) is 0 Å². The van der Waals surface area contributed by atoms with E-state index in [9.17, 15) is 19.2 Å². The fourth-order valence-corrected chi connectivity index (χ4v) is 9.77. The molecule has 6 heteroatoms. The zero-order chi connectivity index (χ0) is 24.7. The van der Waals surface area contributed by atoms with E-state index in [0.717, 1.165) is 57.5 Å². The first-order valence-corrected chi connectivity index (χ1v) is 13.5. The molecule has 34 heavy (non-hydrogen) atoms. The van der Waals surface area contributed by atoms with Gasteiger partial charge in [-0.25, -0.2) is 0 Å². The van der Waals surface area contributed by atoms with Crippen molar-refractivity contribution in [1.29, 1.82) is 0 Å². The Morgan fingerprint density at radius 1 is 0.765 bits per heavy atom. The number of rotatable bonds is 5. The summed E-state index contributed by atoms with van der Waals surface area (Å²) in [5.74, 6) is -0.460. The van der Waals surface area contributed by atoms with Gasteiger partial charge in [0.2, 0.25) is 11.8 Å². The highest BCUT2D eigenvalue weighted by Crippen LogP contribution is 2.71. The van der Waals surface area contributed by atoms with Gasteiger partial charge in [-0.05, 0) is 74.0 Å². The van der Waals surface area contributed by atoms with Crippen LogP contribution in [0.1, 0.15) is 91.9 Å². The Morgan fingerprint density at radius 2 is 1.21 bits per heavy atom. The molecule has 0 aromatic carbocycles. The zero-order valence-electron chi connectivity index (χ0n) is 21.3. The van der Waals surface area contributed by atoms with E-state index in [1.165, 1.54) is 0 Å². The van der Waals surface area contributed by atoms with Gasteiger partial charge in [-0.3, -0.25) is 14.5 Å². The van der Waals surface area contributed by atoms with Gasteiger partial charge in [-0.2, -0.15) is 0 Å². The van der Waals surface area contributed by atoms with Crippen molar-refractivity contribution in [1.82, 2.24) is 4.90 Å². The van der Waals surface area contributed by atoms with Crippen LogP contribution in [0.3, 0.4) is 0 Å². The molecule has 0 radical (unpaired) electrons. The predicted octanol–water partition coefficient (Wildman–Crippen LogP) is 3.89. The van der Waals surface area contributed by atoms with Crippen LogP contribution in [0.15, 0.2) is 0 Å². The molecule has 0 aromatic heterocycles. The van der Waals surface area contributed by atoms with E-state index in [4.69, 9.17) is 5.73 Å². The number of nitrogens with two attached hydrogens (primary N) is 1. The van der Waals surface area contributed by atoms with Gasteiger partial charge >= 0.3 is 0 Å². The second-order valence-corrected chi connectivity index (χ2v) is 13.3. The maximum atomic E-state index is 14.8. The summed E-state index contributed by atoms with van der Waals surface area (Å²) >= 11 is 0. The van der Waals surface area contributed by atoms with Crippen molar-refractivity contribution in [2.45, 2.75) is 104 Å². The molecule has 5 saturated carbocycles. The molecule has 2 amide bonds. The Bertz CT molecular complexity index is 850.